The van der Waals surface area contributed by atoms with E-state index in [1.54, 1.807) is 0 Å². The van der Waals surface area contributed by atoms with Crippen LogP contribution < -0.4 is 0 Å². The molecule has 0 radical (unpaired) electrons. The summed E-state index contributed by atoms with van der Waals surface area (Å²) in [7, 11) is 0. The van der Waals surface area contributed by atoms with Gasteiger partial charge in [0, 0.05) is 0 Å². The highest BCUT2D eigenvalue weighted by atomic mass is 16.1. The van der Waals surface area contributed by atoms with E-state index in [1.807, 2.05) is 0 Å². The van der Waals surface area contributed by atoms with E-state index >= 15 is 0 Å². The monoisotopic (exact) mass is 116 g/mol. The van der Waals surface area contributed by atoms with Gasteiger partial charge in [0.2, 0.25) is 0 Å². The number of aldehydes is 3. The van der Waals surface area contributed by atoms with E-state index in [2.05, 4.69) is 0 Å². The van der Waals surface area contributed by atoms with Gasteiger partial charge in [0.05, 0.1) is 6.42 Å². The number of rotatable bonds is 2. The van der Waals surface area contributed by atoms with Gasteiger partial charge >= 0.3 is 0 Å². The van der Waals surface area contributed by atoms with Crippen molar-refractivity contribution in [1.29, 1.82) is 0 Å². The third kappa shape index (κ3) is 79.0. The summed E-state index contributed by atoms with van der Waals surface area (Å²) in [6.07, 6.45) is 1.90. The second kappa shape index (κ2) is 16.7. The van der Waals surface area contributed by atoms with Crippen molar-refractivity contribution in [2.45, 2.75) is 13.3 Å². The van der Waals surface area contributed by atoms with Crippen molar-refractivity contribution >= 4 is 18.9 Å². The first-order valence-electron chi connectivity index (χ1n) is 2.10. The van der Waals surface area contributed by atoms with Crippen LogP contribution >= 0.6 is 0 Å². The van der Waals surface area contributed by atoms with Crippen molar-refractivity contribution in [1.82, 2.24) is 0 Å². The van der Waals surface area contributed by atoms with E-state index in [4.69, 9.17) is 4.79 Å². The van der Waals surface area contributed by atoms with E-state index in [0.29, 0.717) is 12.6 Å². The van der Waals surface area contributed by atoms with E-state index in [1.165, 1.54) is 6.92 Å². The Morgan fingerprint density at radius 2 is 1.38 bits per heavy atom. The molecule has 0 saturated heterocycles. The number of hydrogen-bond donors (Lipinski definition) is 0. The van der Waals surface area contributed by atoms with Crippen LogP contribution in [-0.2, 0) is 14.4 Å². The van der Waals surface area contributed by atoms with E-state index < -0.39 is 0 Å². The predicted octanol–water partition coefficient (Wildman–Crippen LogP) is -0.0205. The normalized spacial score (nSPS) is 5.62. The van der Waals surface area contributed by atoms with Crippen molar-refractivity contribution < 1.29 is 14.4 Å². The Hall–Kier alpha value is -0.990. The molecule has 0 atom stereocenters. The fourth-order valence-electron chi connectivity index (χ4n) is 0.0393. The van der Waals surface area contributed by atoms with Gasteiger partial charge in [-0.05, 0) is 6.92 Å². The van der Waals surface area contributed by atoms with Gasteiger partial charge in [0.1, 0.15) is 18.9 Å². The number of carbonyl (C=O) groups excluding carboxylic acids is 3. The SMILES string of the molecule is CC=O.O=CCC=O. The average Bonchev–Trinajstić information content (AvgIpc) is 1.71. The van der Waals surface area contributed by atoms with Crippen LogP contribution in [0.15, 0.2) is 0 Å². The Bertz CT molecular complexity index is 62.1. The van der Waals surface area contributed by atoms with E-state index in [9.17, 15) is 9.59 Å². The lowest BCUT2D eigenvalue weighted by Crippen LogP contribution is -1.69. The Labute approximate surface area is 47.7 Å². The minimum atomic E-state index is 0.0278. The fourth-order valence-corrected chi connectivity index (χ4v) is 0.0393. The molecule has 8 heavy (non-hydrogen) atoms. The van der Waals surface area contributed by atoms with Gasteiger partial charge in [-0.3, -0.25) is 0 Å². The summed E-state index contributed by atoms with van der Waals surface area (Å²) in [5, 5.41) is 0. The molecule has 0 aromatic rings. The van der Waals surface area contributed by atoms with Crippen LogP contribution in [0.1, 0.15) is 13.3 Å². The molecule has 0 aliphatic rings. The number of hydrogen-bond acceptors (Lipinski definition) is 3. The van der Waals surface area contributed by atoms with Crippen LogP contribution in [0, 0.1) is 0 Å². The summed E-state index contributed by atoms with van der Waals surface area (Å²) in [6, 6.07) is 0. The molecule has 0 amide bonds. The van der Waals surface area contributed by atoms with Crippen molar-refractivity contribution in [3.8, 4) is 0 Å². The van der Waals surface area contributed by atoms with Gasteiger partial charge < -0.3 is 14.4 Å². The van der Waals surface area contributed by atoms with Gasteiger partial charge in [-0.2, -0.15) is 0 Å². The maximum atomic E-state index is 9.17. The summed E-state index contributed by atoms with van der Waals surface area (Å²) in [5.41, 5.74) is 0. The van der Waals surface area contributed by atoms with Crippen molar-refractivity contribution in [3.63, 3.8) is 0 Å². The van der Waals surface area contributed by atoms with Crippen LogP contribution in [0.2, 0.25) is 0 Å². The maximum Gasteiger partial charge on any atom is 0.127 e. The molecule has 0 rings (SSSR count). The quantitative estimate of drug-likeness (QED) is 0.376. The Kier molecular flexibility index (Phi) is 21.0. The largest absolute Gasteiger partial charge is 0.304 e. The first kappa shape index (κ1) is 10.1. The summed E-state index contributed by atoms with van der Waals surface area (Å²) in [5.74, 6) is 0. The van der Waals surface area contributed by atoms with Crippen LogP contribution in [0.25, 0.3) is 0 Å². The Morgan fingerprint density at radius 1 is 1.12 bits per heavy atom. The molecule has 0 bridgehead atoms. The van der Waals surface area contributed by atoms with Gasteiger partial charge in [-0.15, -0.1) is 0 Å². The smallest absolute Gasteiger partial charge is 0.127 e. The first-order valence-corrected chi connectivity index (χ1v) is 2.10. The zero-order valence-corrected chi connectivity index (χ0v) is 4.66. The first-order chi connectivity index (χ1) is 3.83. The standard InChI is InChI=1S/C3H4O2.C2H4O/c4-2-1-3-5;1-2-3/h2-3H,1H2;2H,1H3. The van der Waals surface area contributed by atoms with E-state index in [0.717, 1.165) is 6.29 Å². The summed E-state index contributed by atoms with van der Waals surface area (Å²) in [6.45, 7) is 1.44. The molecule has 0 aliphatic heterocycles. The molecular weight excluding hydrogens is 108 g/mol. The lowest BCUT2D eigenvalue weighted by atomic mass is 10.6. The highest BCUT2D eigenvalue weighted by molar-refractivity contribution is 5.72. The van der Waals surface area contributed by atoms with Crippen molar-refractivity contribution in [3.05, 3.63) is 0 Å². The molecule has 0 aromatic carbocycles. The van der Waals surface area contributed by atoms with Gasteiger partial charge in [-0.25, -0.2) is 0 Å². The summed E-state index contributed by atoms with van der Waals surface area (Å²) in [4.78, 5) is 27.2. The lowest BCUT2D eigenvalue weighted by Gasteiger charge is -1.53. The molecule has 3 heteroatoms. The van der Waals surface area contributed by atoms with Crippen molar-refractivity contribution in [2.75, 3.05) is 0 Å². The fraction of sp³-hybridized carbons (Fsp3) is 0.400. The Balaban J connectivity index is 0. The second-order valence-corrected chi connectivity index (χ2v) is 0.805. The number of carbonyl (C=O) groups is 3. The molecular formula is C5H8O3. The summed E-state index contributed by atoms with van der Waals surface area (Å²) < 4.78 is 0. The molecule has 0 N–H and O–H groups in total. The predicted molar refractivity (Wildman–Crippen MR) is 28.5 cm³/mol. The molecule has 0 spiro atoms. The molecule has 46 valence electrons. The lowest BCUT2D eigenvalue weighted by molar-refractivity contribution is -0.114. The third-order valence-corrected chi connectivity index (χ3v) is 0.192. The van der Waals surface area contributed by atoms with E-state index in [-0.39, 0.29) is 6.42 Å². The molecule has 0 aromatic heterocycles. The molecule has 0 unspecified atom stereocenters. The topological polar surface area (TPSA) is 51.2 Å². The highest BCUT2D eigenvalue weighted by Gasteiger charge is 1.65. The zero-order valence-electron chi connectivity index (χ0n) is 4.66. The van der Waals surface area contributed by atoms with Crippen LogP contribution in [0.5, 0.6) is 0 Å². The minimum absolute atomic E-state index is 0.0278. The van der Waals surface area contributed by atoms with Gasteiger partial charge in [0.15, 0.2) is 0 Å². The molecule has 0 saturated carbocycles. The zero-order chi connectivity index (χ0) is 6.83. The molecule has 0 heterocycles. The van der Waals surface area contributed by atoms with Crippen LogP contribution in [0.3, 0.4) is 0 Å². The highest BCUT2D eigenvalue weighted by Crippen LogP contribution is 1.50. The van der Waals surface area contributed by atoms with Crippen LogP contribution in [0.4, 0.5) is 0 Å². The second-order valence-electron chi connectivity index (χ2n) is 0.805. The molecule has 0 aliphatic carbocycles. The van der Waals surface area contributed by atoms with Gasteiger partial charge in [0.25, 0.3) is 0 Å². The summed E-state index contributed by atoms with van der Waals surface area (Å²) >= 11 is 0. The molecule has 3 nitrogen and oxygen atoms in total. The Morgan fingerprint density at radius 3 is 1.38 bits per heavy atom. The molecule has 0 fully saturated rings. The third-order valence-electron chi connectivity index (χ3n) is 0.192. The maximum absolute atomic E-state index is 9.17. The van der Waals surface area contributed by atoms with Crippen LogP contribution in [-0.4, -0.2) is 18.9 Å². The average molecular weight is 116 g/mol. The van der Waals surface area contributed by atoms with Gasteiger partial charge in [-0.1, -0.05) is 0 Å². The minimum Gasteiger partial charge on any atom is -0.304 e. The van der Waals surface area contributed by atoms with Crippen molar-refractivity contribution in [2.24, 2.45) is 0 Å².